The number of nitrogens with zero attached hydrogens (tertiary/aromatic N) is 1. The number of hydrogen-bond donors (Lipinski definition) is 1. The van der Waals surface area contributed by atoms with Crippen LogP contribution < -0.4 is 0 Å². The second-order valence-corrected chi connectivity index (χ2v) is 4.30. The van der Waals surface area contributed by atoms with Gasteiger partial charge in [0.2, 0.25) is 0 Å². The summed E-state index contributed by atoms with van der Waals surface area (Å²) in [6.45, 7) is 4.96. The van der Waals surface area contributed by atoms with Crippen molar-refractivity contribution < 1.29 is 34.8 Å². The van der Waals surface area contributed by atoms with Crippen molar-refractivity contribution in [3.8, 4) is 0 Å². The number of rotatable bonds is 4. The van der Waals surface area contributed by atoms with Crippen molar-refractivity contribution >= 4 is 0 Å². The number of alkyl halides is 3. The third-order valence-electron chi connectivity index (χ3n) is 2.05. The molecule has 0 rings (SSSR count). The standard InChI is InChI=1S/C9H18F3NO.Ni/c1-7(2)13(4)6-8(3,14)5-9(10,11)12;/h7,14H,5-6H2,1-4H3;. The zero-order valence-electron chi connectivity index (χ0n) is 9.34. The van der Waals surface area contributed by atoms with Crippen molar-refractivity contribution in [2.45, 2.75) is 45.0 Å². The molecule has 0 radical (unpaired) electrons. The van der Waals surface area contributed by atoms with Gasteiger partial charge in [0.15, 0.2) is 0 Å². The van der Waals surface area contributed by atoms with Gasteiger partial charge in [0, 0.05) is 29.1 Å². The molecule has 1 atom stereocenters. The van der Waals surface area contributed by atoms with Crippen molar-refractivity contribution in [2.24, 2.45) is 0 Å². The summed E-state index contributed by atoms with van der Waals surface area (Å²) in [5.41, 5.74) is -1.71. The molecule has 15 heavy (non-hydrogen) atoms. The molecule has 0 aromatic rings. The van der Waals surface area contributed by atoms with Gasteiger partial charge in [-0.05, 0) is 27.8 Å². The van der Waals surface area contributed by atoms with Gasteiger partial charge < -0.3 is 10.0 Å². The Bertz CT molecular complexity index is 183. The maximum absolute atomic E-state index is 12.0. The summed E-state index contributed by atoms with van der Waals surface area (Å²) in [5.74, 6) is 0. The first-order valence-electron chi connectivity index (χ1n) is 4.53. The van der Waals surface area contributed by atoms with Crippen LogP contribution in [0.3, 0.4) is 0 Å². The molecule has 0 saturated carbocycles. The van der Waals surface area contributed by atoms with E-state index in [2.05, 4.69) is 0 Å². The smallest absolute Gasteiger partial charge is 0.388 e. The van der Waals surface area contributed by atoms with Gasteiger partial charge in [-0.3, -0.25) is 0 Å². The first-order chi connectivity index (χ1) is 6.03. The number of likely N-dealkylation sites (N-methyl/N-ethyl adjacent to an activating group) is 1. The average Bonchev–Trinajstić information content (AvgIpc) is 1.78. The Morgan fingerprint density at radius 2 is 1.67 bits per heavy atom. The van der Waals surface area contributed by atoms with Gasteiger partial charge in [-0.2, -0.15) is 13.2 Å². The fourth-order valence-electron chi connectivity index (χ4n) is 1.21. The van der Waals surface area contributed by atoms with Crippen LogP contribution in [0.1, 0.15) is 27.2 Å². The van der Waals surface area contributed by atoms with Gasteiger partial charge in [-0.25, -0.2) is 0 Å². The minimum atomic E-state index is -4.32. The zero-order chi connectivity index (χ0) is 11.6. The van der Waals surface area contributed by atoms with Crippen molar-refractivity contribution in [3.05, 3.63) is 0 Å². The van der Waals surface area contributed by atoms with Crippen molar-refractivity contribution in [1.29, 1.82) is 0 Å². The van der Waals surface area contributed by atoms with Gasteiger partial charge >= 0.3 is 6.18 Å². The monoisotopic (exact) mass is 271 g/mol. The van der Waals surface area contributed by atoms with Gasteiger partial charge in [-0.15, -0.1) is 0 Å². The summed E-state index contributed by atoms with van der Waals surface area (Å²) in [6, 6.07) is 0.120. The topological polar surface area (TPSA) is 23.5 Å². The van der Waals surface area contributed by atoms with Crippen molar-refractivity contribution in [1.82, 2.24) is 4.90 Å². The van der Waals surface area contributed by atoms with E-state index in [0.717, 1.165) is 0 Å². The second-order valence-electron chi connectivity index (χ2n) is 4.30. The molecule has 0 saturated heterocycles. The van der Waals surface area contributed by atoms with Crippen LogP contribution in [-0.2, 0) is 16.5 Å². The van der Waals surface area contributed by atoms with E-state index in [1.807, 2.05) is 13.8 Å². The normalized spacial score (nSPS) is 16.4. The minimum Gasteiger partial charge on any atom is -0.388 e. The van der Waals surface area contributed by atoms with Gasteiger partial charge in [0.1, 0.15) is 0 Å². The Balaban J connectivity index is 0. The maximum Gasteiger partial charge on any atom is 0.391 e. The number of halogens is 3. The zero-order valence-corrected chi connectivity index (χ0v) is 10.3. The molecule has 0 fully saturated rings. The molecule has 1 unspecified atom stereocenters. The van der Waals surface area contributed by atoms with E-state index in [1.165, 1.54) is 6.92 Å². The Kier molecular flexibility index (Phi) is 7.12. The van der Waals surface area contributed by atoms with Crippen LogP contribution in [-0.4, -0.2) is 41.4 Å². The molecular weight excluding hydrogens is 254 g/mol. The summed E-state index contributed by atoms with van der Waals surface area (Å²) < 4.78 is 36.1. The van der Waals surface area contributed by atoms with Crippen LogP contribution in [0.25, 0.3) is 0 Å². The minimum absolute atomic E-state index is 0. The summed E-state index contributed by atoms with van der Waals surface area (Å²) >= 11 is 0. The Hall–Kier alpha value is 0.204. The quantitative estimate of drug-likeness (QED) is 0.791. The largest absolute Gasteiger partial charge is 0.391 e. The molecule has 96 valence electrons. The summed E-state index contributed by atoms with van der Waals surface area (Å²) in [6.07, 6.45) is -5.49. The molecule has 0 aromatic carbocycles. The van der Waals surface area contributed by atoms with Crippen molar-refractivity contribution in [3.63, 3.8) is 0 Å². The van der Waals surface area contributed by atoms with E-state index in [9.17, 15) is 18.3 Å². The van der Waals surface area contributed by atoms with Crippen LogP contribution in [0.2, 0.25) is 0 Å². The average molecular weight is 272 g/mol. The van der Waals surface area contributed by atoms with Crippen molar-refractivity contribution in [2.75, 3.05) is 13.6 Å². The SMILES string of the molecule is CC(C)N(C)CC(C)(O)CC(F)(F)F.[Ni]. The first-order valence-corrected chi connectivity index (χ1v) is 4.53. The third kappa shape index (κ3) is 9.15. The first kappa shape index (κ1) is 17.6. The van der Waals surface area contributed by atoms with Crippen LogP contribution in [0.5, 0.6) is 0 Å². The molecule has 0 aliphatic heterocycles. The van der Waals surface area contributed by atoms with Crippen LogP contribution in [0.4, 0.5) is 13.2 Å². The predicted octanol–water partition coefficient (Wildman–Crippen LogP) is 2.03. The van der Waals surface area contributed by atoms with E-state index in [-0.39, 0.29) is 29.1 Å². The van der Waals surface area contributed by atoms with Crippen LogP contribution in [0.15, 0.2) is 0 Å². The van der Waals surface area contributed by atoms with Crippen LogP contribution >= 0.6 is 0 Å². The van der Waals surface area contributed by atoms with E-state index in [4.69, 9.17) is 0 Å². The molecule has 0 bridgehead atoms. The summed E-state index contributed by atoms with van der Waals surface area (Å²) in [4.78, 5) is 1.69. The molecule has 0 spiro atoms. The number of hydrogen-bond acceptors (Lipinski definition) is 2. The van der Waals surface area contributed by atoms with Crippen LogP contribution in [0, 0.1) is 0 Å². The molecule has 1 N–H and O–H groups in total. The Labute approximate surface area is 98.8 Å². The molecule has 0 aliphatic carbocycles. The summed E-state index contributed by atoms with van der Waals surface area (Å²) in [5, 5.41) is 9.51. The molecule has 0 aromatic heterocycles. The van der Waals surface area contributed by atoms with E-state index >= 15 is 0 Å². The molecule has 0 heterocycles. The predicted molar refractivity (Wildman–Crippen MR) is 49.1 cm³/mol. The fourth-order valence-corrected chi connectivity index (χ4v) is 1.21. The Morgan fingerprint density at radius 3 is 1.93 bits per heavy atom. The molecule has 2 nitrogen and oxygen atoms in total. The van der Waals surface area contributed by atoms with Gasteiger partial charge in [-0.1, -0.05) is 0 Å². The molecule has 0 amide bonds. The molecule has 0 aliphatic rings. The van der Waals surface area contributed by atoms with E-state index in [0.29, 0.717) is 0 Å². The Morgan fingerprint density at radius 1 is 1.27 bits per heavy atom. The fraction of sp³-hybridized carbons (Fsp3) is 1.00. The molecule has 6 heteroatoms. The summed E-state index contributed by atoms with van der Waals surface area (Å²) in [7, 11) is 1.69. The maximum atomic E-state index is 12.0. The third-order valence-corrected chi connectivity index (χ3v) is 2.05. The van der Waals surface area contributed by atoms with Gasteiger partial charge in [0.25, 0.3) is 0 Å². The van der Waals surface area contributed by atoms with E-state index in [1.54, 1.807) is 11.9 Å². The van der Waals surface area contributed by atoms with Gasteiger partial charge in [0.05, 0.1) is 12.0 Å². The number of aliphatic hydroxyl groups is 1. The van der Waals surface area contributed by atoms with E-state index < -0.39 is 18.2 Å². The molecular formula is C9H18F3NNiO. The second kappa shape index (κ2) is 6.07.